The fraction of sp³-hybridized carbons (Fsp3) is 0.417. The maximum Gasteiger partial charge on any atom is 0.169 e. The number of nitrogens with zero attached hydrogens (tertiary/aromatic N) is 1. The predicted octanol–water partition coefficient (Wildman–Crippen LogP) is 3.91. The minimum absolute atomic E-state index is 0.268. The third-order valence-corrected chi connectivity index (χ3v) is 3.51. The molecule has 2 rings (SSSR count). The van der Waals surface area contributed by atoms with E-state index in [1.54, 1.807) is 0 Å². The summed E-state index contributed by atoms with van der Waals surface area (Å²) in [5, 5.41) is 1.21. The highest BCUT2D eigenvalue weighted by atomic mass is 35.5. The lowest BCUT2D eigenvalue weighted by Gasteiger charge is -2.14. The Morgan fingerprint density at radius 3 is 2.88 bits per heavy atom. The van der Waals surface area contributed by atoms with E-state index >= 15 is 0 Å². The first kappa shape index (κ1) is 11.7. The molecule has 1 aliphatic heterocycles. The number of hydrogen-bond acceptors (Lipinski definition) is 2. The van der Waals surface area contributed by atoms with E-state index in [1.807, 2.05) is 18.2 Å². The van der Waals surface area contributed by atoms with E-state index in [0.717, 1.165) is 6.42 Å². The summed E-state index contributed by atoms with van der Waals surface area (Å²) in [5.41, 5.74) is 1.19. The molecule has 0 fully saturated rings. The lowest BCUT2D eigenvalue weighted by Crippen LogP contribution is -2.10. The second-order valence-electron chi connectivity index (χ2n) is 4.05. The van der Waals surface area contributed by atoms with Crippen LogP contribution in [0, 0.1) is 0 Å². The van der Waals surface area contributed by atoms with Crippen molar-refractivity contribution in [3.05, 3.63) is 33.8 Å². The summed E-state index contributed by atoms with van der Waals surface area (Å²) in [6.07, 6.45) is 2.50. The van der Waals surface area contributed by atoms with Crippen LogP contribution in [0.1, 0.15) is 24.8 Å². The molecule has 0 N–H and O–H groups in total. The third kappa shape index (κ3) is 2.69. The van der Waals surface area contributed by atoms with Crippen molar-refractivity contribution in [3.63, 3.8) is 0 Å². The average Bonchev–Trinajstić information content (AvgIpc) is 2.74. The molecular formula is C12H13Cl2NO. The van der Waals surface area contributed by atoms with Gasteiger partial charge in [-0.1, -0.05) is 36.2 Å². The second-order valence-corrected chi connectivity index (χ2v) is 4.87. The molecule has 1 aromatic carbocycles. The summed E-state index contributed by atoms with van der Waals surface area (Å²) < 4.78 is 5.10. The SMILES string of the molecule is CC(CC1COC=N1)c1ccc(Cl)c(Cl)c1. The van der Waals surface area contributed by atoms with Gasteiger partial charge < -0.3 is 4.74 Å². The first-order valence-corrected chi connectivity index (χ1v) is 6.00. The molecule has 0 saturated carbocycles. The van der Waals surface area contributed by atoms with Crippen LogP contribution < -0.4 is 0 Å². The van der Waals surface area contributed by atoms with Gasteiger partial charge in [0.1, 0.15) is 6.61 Å². The lowest BCUT2D eigenvalue weighted by atomic mass is 9.94. The number of aliphatic imine (C=N–C) groups is 1. The van der Waals surface area contributed by atoms with Crippen LogP contribution in [0.2, 0.25) is 10.0 Å². The molecule has 2 atom stereocenters. The molecule has 0 amide bonds. The second kappa shape index (κ2) is 5.07. The van der Waals surface area contributed by atoms with Crippen LogP contribution in [-0.4, -0.2) is 19.0 Å². The van der Waals surface area contributed by atoms with Gasteiger partial charge in [0, 0.05) is 0 Å². The van der Waals surface area contributed by atoms with Crippen LogP contribution in [-0.2, 0) is 4.74 Å². The van der Waals surface area contributed by atoms with Crippen LogP contribution in [0.15, 0.2) is 23.2 Å². The summed E-state index contributed by atoms with van der Waals surface area (Å²) in [6.45, 7) is 2.85. The smallest absolute Gasteiger partial charge is 0.169 e. The van der Waals surface area contributed by atoms with Gasteiger partial charge in [0.25, 0.3) is 0 Å². The van der Waals surface area contributed by atoms with Gasteiger partial charge >= 0.3 is 0 Å². The van der Waals surface area contributed by atoms with E-state index in [2.05, 4.69) is 11.9 Å². The first-order chi connectivity index (χ1) is 7.66. The summed E-state index contributed by atoms with van der Waals surface area (Å²) >= 11 is 11.9. The molecule has 0 bridgehead atoms. The van der Waals surface area contributed by atoms with Gasteiger partial charge in [-0.25, -0.2) is 0 Å². The number of halogens is 2. The van der Waals surface area contributed by atoms with Crippen molar-refractivity contribution in [2.24, 2.45) is 4.99 Å². The Morgan fingerprint density at radius 2 is 2.25 bits per heavy atom. The Labute approximate surface area is 105 Å². The molecule has 1 aliphatic rings. The van der Waals surface area contributed by atoms with Gasteiger partial charge in [-0.05, 0) is 30.0 Å². The van der Waals surface area contributed by atoms with E-state index in [4.69, 9.17) is 27.9 Å². The lowest BCUT2D eigenvalue weighted by molar-refractivity contribution is 0.316. The molecule has 0 aliphatic carbocycles. The summed E-state index contributed by atoms with van der Waals surface area (Å²) in [7, 11) is 0. The van der Waals surface area contributed by atoms with Crippen molar-refractivity contribution in [1.82, 2.24) is 0 Å². The van der Waals surface area contributed by atoms with Crippen LogP contribution in [0.25, 0.3) is 0 Å². The van der Waals surface area contributed by atoms with Crippen LogP contribution in [0.5, 0.6) is 0 Å². The zero-order chi connectivity index (χ0) is 11.5. The van der Waals surface area contributed by atoms with E-state index in [1.165, 1.54) is 12.0 Å². The molecule has 0 saturated heterocycles. The fourth-order valence-corrected chi connectivity index (χ4v) is 2.12. The van der Waals surface area contributed by atoms with Gasteiger partial charge in [0.15, 0.2) is 6.40 Å². The molecule has 0 radical (unpaired) electrons. The monoisotopic (exact) mass is 257 g/mol. The van der Waals surface area contributed by atoms with Crippen LogP contribution >= 0.6 is 23.2 Å². The summed E-state index contributed by atoms with van der Waals surface area (Å²) in [4.78, 5) is 4.23. The number of hydrogen-bond donors (Lipinski definition) is 0. The Hall–Kier alpha value is -0.730. The van der Waals surface area contributed by atoms with Gasteiger partial charge in [0.05, 0.1) is 16.1 Å². The molecule has 86 valence electrons. The van der Waals surface area contributed by atoms with E-state index in [0.29, 0.717) is 22.6 Å². The first-order valence-electron chi connectivity index (χ1n) is 5.25. The molecule has 2 unspecified atom stereocenters. The number of ether oxygens (including phenoxy) is 1. The largest absolute Gasteiger partial charge is 0.481 e. The van der Waals surface area contributed by atoms with Gasteiger partial charge in [0.2, 0.25) is 0 Å². The molecule has 0 spiro atoms. The maximum atomic E-state index is 5.99. The zero-order valence-corrected chi connectivity index (χ0v) is 10.5. The molecule has 2 nitrogen and oxygen atoms in total. The van der Waals surface area contributed by atoms with Crippen molar-refractivity contribution >= 4 is 29.6 Å². The summed E-state index contributed by atoms with van der Waals surface area (Å²) in [6, 6.07) is 6.04. The quantitative estimate of drug-likeness (QED) is 0.805. The Morgan fingerprint density at radius 1 is 1.44 bits per heavy atom. The molecule has 1 heterocycles. The van der Waals surface area contributed by atoms with Crippen LogP contribution in [0.4, 0.5) is 0 Å². The molecule has 1 aromatic rings. The van der Waals surface area contributed by atoms with E-state index in [-0.39, 0.29) is 6.04 Å². The topological polar surface area (TPSA) is 21.6 Å². The van der Waals surface area contributed by atoms with Gasteiger partial charge in [-0.15, -0.1) is 0 Å². The van der Waals surface area contributed by atoms with Crippen LogP contribution in [0.3, 0.4) is 0 Å². The molecule has 16 heavy (non-hydrogen) atoms. The highest BCUT2D eigenvalue weighted by Gasteiger charge is 2.17. The highest BCUT2D eigenvalue weighted by Crippen LogP contribution is 2.29. The Balaban J connectivity index is 2.05. The van der Waals surface area contributed by atoms with Crippen molar-refractivity contribution in [1.29, 1.82) is 0 Å². The van der Waals surface area contributed by atoms with Crippen molar-refractivity contribution < 1.29 is 4.74 Å². The molecule has 0 aromatic heterocycles. The van der Waals surface area contributed by atoms with Crippen molar-refractivity contribution in [2.45, 2.75) is 25.3 Å². The number of rotatable bonds is 3. The Kier molecular flexibility index (Phi) is 3.72. The normalized spacial score (nSPS) is 20.8. The maximum absolute atomic E-state index is 5.99. The Bertz CT molecular complexity index is 406. The summed E-state index contributed by atoms with van der Waals surface area (Å²) in [5.74, 6) is 0.401. The van der Waals surface area contributed by atoms with Crippen molar-refractivity contribution in [2.75, 3.05) is 6.61 Å². The van der Waals surface area contributed by atoms with E-state index < -0.39 is 0 Å². The predicted molar refractivity (Wildman–Crippen MR) is 67.7 cm³/mol. The van der Waals surface area contributed by atoms with Gasteiger partial charge in [-0.2, -0.15) is 0 Å². The third-order valence-electron chi connectivity index (χ3n) is 2.77. The minimum atomic E-state index is 0.268. The zero-order valence-electron chi connectivity index (χ0n) is 8.99. The average molecular weight is 258 g/mol. The molecule has 4 heteroatoms. The minimum Gasteiger partial charge on any atom is -0.481 e. The van der Waals surface area contributed by atoms with Gasteiger partial charge in [-0.3, -0.25) is 4.99 Å². The number of benzene rings is 1. The standard InChI is InChI=1S/C12H13Cl2NO/c1-8(4-10-6-16-7-15-10)9-2-3-11(13)12(14)5-9/h2-3,5,7-8,10H,4,6H2,1H3. The van der Waals surface area contributed by atoms with E-state index in [9.17, 15) is 0 Å². The molecular weight excluding hydrogens is 245 g/mol. The highest BCUT2D eigenvalue weighted by molar-refractivity contribution is 6.42. The fourth-order valence-electron chi connectivity index (χ4n) is 1.82. The van der Waals surface area contributed by atoms with Crippen molar-refractivity contribution in [3.8, 4) is 0 Å².